The van der Waals surface area contributed by atoms with Crippen LogP contribution < -0.4 is 10.6 Å². The molecule has 3 aromatic rings. The zero-order chi connectivity index (χ0) is 20.5. The van der Waals surface area contributed by atoms with Crippen molar-refractivity contribution in [1.82, 2.24) is 4.98 Å². The molecule has 5 heteroatoms. The lowest BCUT2D eigenvalue weighted by molar-refractivity contribution is 0.102. The van der Waals surface area contributed by atoms with Gasteiger partial charge in [0.1, 0.15) is 0 Å². The van der Waals surface area contributed by atoms with Crippen LogP contribution in [-0.2, 0) is 6.42 Å². The van der Waals surface area contributed by atoms with Crippen molar-refractivity contribution < 1.29 is 4.79 Å². The first-order valence-electron chi connectivity index (χ1n) is 10.4. The van der Waals surface area contributed by atoms with Crippen molar-refractivity contribution in [1.29, 1.82) is 0 Å². The van der Waals surface area contributed by atoms with Crippen LogP contribution in [0.25, 0.3) is 11.3 Å². The van der Waals surface area contributed by atoms with E-state index >= 15 is 0 Å². The molecule has 29 heavy (non-hydrogen) atoms. The van der Waals surface area contributed by atoms with Gasteiger partial charge in [-0.1, -0.05) is 50.5 Å². The van der Waals surface area contributed by atoms with Crippen molar-refractivity contribution in [2.45, 2.75) is 46.0 Å². The predicted molar refractivity (Wildman–Crippen MR) is 124 cm³/mol. The van der Waals surface area contributed by atoms with Crippen molar-refractivity contribution in [2.75, 3.05) is 17.2 Å². The van der Waals surface area contributed by atoms with E-state index in [0.29, 0.717) is 5.56 Å². The third-order valence-electron chi connectivity index (χ3n) is 4.81. The summed E-state index contributed by atoms with van der Waals surface area (Å²) in [4.78, 5) is 17.1. The van der Waals surface area contributed by atoms with Gasteiger partial charge in [0, 0.05) is 28.7 Å². The Balaban J connectivity index is 1.56. The minimum absolute atomic E-state index is 0.0848. The molecule has 0 bridgehead atoms. The maximum absolute atomic E-state index is 12.5. The van der Waals surface area contributed by atoms with Crippen molar-refractivity contribution in [2.24, 2.45) is 0 Å². The summed E-state index contributed by atoms with van der Waals surface area (Å²) >= 11 is 1.60. The lowest BCUT2D eigenvalue weighted by Gasteiger charge is -2.07. The molecular weight excluding hydrogens is 378 g/mol. The molecule has 0 spiro atoms. The number of carbonyl (C=O) groups is 1. The Morgan fingerprint density at radius 1 is 0.966 bits per heavy atom. The standard InChI is InChI=1S/C24H29N3OS/c1-3-5-6-7-8-18-9-11-20(12-10-18)23(28)26-21-15-13-19(14-16-21)22-17-29-24(27-22)25-4-2/h9-17H,3-8H2,1-2H3,(H,25,27)(H,26,28). The topological polar surface area (TPSA) is 54.0 Å². The van der Waals surface area contributed by atoms with Crippen LogP contribution in [0.1, 0.15) is 55.5 Å². The summed E-state index contributed by atoms with van der Waals surface area (Å²) in [6.07, 6.45) is 6.10. The number of aryl methyl sites for hydroxylation is 1. The molecule has 0 unspecified atom stereocenters. The van der Waals surface area contributed by atoms with Crippen LogP contribution in [-0.4, -0.2) is 17.4 Å². The van der Waals surface area contributed by atoms with Gasteiger partial charge in [-0.25, -0.2) is 4.98 Å². The number of aromatic nitrogens is 1. The Morgan fingerprint density at radius 3 is 2.41 bits per heavy atom. The normalized spacial score (nSPS) is 10.7. The predicted octanol–water partition coefficient (Wildman–Crippen LogP) is 6.62. The van der Waals surface area contributed by atoms with Gasteiger partial charge in [-0.15, -0.1) is 11.3 Å². The van der Waals surface area contributed by atoms with E-state index in [0.717, 1.165) is 35.0 Å². The van der Waals surface area contributed by atoms with Crippen molar-refractivity contribution in [3.63, 3.8) is 0 Å². The van der Waals surface area contributed by atoms with Crippen LogP contribution in [0, 0.1) is 0 Å². The summed E-state index contributed by atoms with van der Waals surface area (Å²) in [5.74, 6) is -0.0848. The number of thiazole rings is 1. The van der Waals surface area contributed by atoms with Crippen LogP contribution >= 0.6 is 11.3 Å². The van der Waals surface area contributed by atoms with Crippen LogP contribution in [0.15, 0.2) is 53.9 Å². The summed E-state index contributed by atoms with van der Waals surface area (Å²) in [7, 11) is 0. The Kier molecular flexibility index (Phi) is 7.82. The van der Waals surface area contributed by atoms with Gasteiger partial charge in [-0.2, -0.15) is 0 Å². The highest BCUT2D eigenvalue weighted by Gasteiger charge is 2.08. The Hall–Kier alpha value is -2.66. The van der Waals surface area contributed by atoms with Gasteiger partial charge in [0.15, 0.2) is 5.13 Å². The molecule has 3 rings (SSSR count). The fourth-order valence-corrected chi connectivity index (χ4v) is 3.94. The molecule has 1 amide bonds. The average Bonchev–Trinajstić information content (AvgIpc) is 3.21. The number of rotatable bonds is 10. The number of hydrogen-bond acceptors (Lipinski definition) is 4. The SMILES string of the molecule is CCCCCCc1ccc(C(=O)Nc2ccc(-c3csc(NCC)n3)cc2)cc1. The monoisotopic (exact) mass is 407 g/mol. The van der Waals surface area contributed by atoms with Crippen molar-refractivity contribution >= 4 is 28.1 Å². The Bertz CT molecular complexity index is 901. The van der Waals surface area contributed by atoms with Gasteiger partial charge in [0.2, 0.25) is 0 Å². The van der Waals surface area contributed by atoms with Gasteiger partial charge < -0.3 is 10.6 Å². The molecule has 1 heterocycles. The van der Waals surface area contributed by atoms with Crippen LogP contribution in [0.3, 0.4) is 0 Å². The Morgan fingerprint density at radius 2 is 1.72 bits per heavy atom. The highest BCUT2D eigenvalue weighted by Crippen LogP contribution is 2.26. The second-order valence-corrected chi connectivity index (χ2v) is 7.97. The van der Waals surface area contributed by atoms with Crippen LogP contribution in [0.5, 0.6) is 0 Å². The molecular formula is C24H29N3OS. The number of anilines is 2. The summed E-state index contributed by atoms with van der Waals surface area (Å²) in [6.45, 7) is 5.14. The molecule has 2 N–H and O–H groups in total. The van der Waals surface area contributed by atoms with E-state index in [1.807, 2.05) is 41.8 Å². The van der Waals surface area contributed by atoms with Crippen molar-refractivity contribution in [3.05, 3.63) is 65.0 Å². The molecule has 0 saturated carbocycles. The smallest absolute Gasteiger partial charge is 0.255 e. The highest BCUT2D eigenvalue weighted by atomic mass is 32.1. The van der Waals surface area contributed by atoms with E-state index in [2.05, 4.69) is 41.6 Å². The number of amides is 1. The molecule has 4 nitrogen and oxygen atoms in total. The number of nitrogens with one attached hydrogen (secondary N) is 2. The molecule has 0 aliphatic carbocycles. The van der Waals surface area contributed by atoms with Gasteiger partial charge in [-0.3, -0.25) is 4.79 Å². The number of unbranched alkanes of at least 4 members (excludes halogenated alkanes) is 3. The number of hydrogen-bond donors (Lipinski definition) is 2. The van der Waals surface area contributed by atoms with Gasteiger partial charge in [0.05, 0.1) is 5.69 Å². The third kappa shape index (κ3) is 6.16. The fourth-order valence-electron chi connectivity index (χ4n) is 3.15. The summed E-state index contributed by atoms with van der Waals surface area (Å²) in [5.41, 5.74) is 4.74. The lowest BCUT2D eigenvalue weighted by Crippen LogP contribution is -2.11. The van der Waals surface area contributed by atoms with E-state index in [4.69, 9.17) is 0 Å². The first kappa shape index (κ1) is 21.1. The van der Waals surface area contributed by atoms with E-state index in [-0.39, 0.29) is 5.91 Å². The number of nitrogens with zero attached hydrogens (tertiary/aromatic N) is 1. The molecule has 0 aliphatic rings. The molecule has 0 radical (unpaired) electrons. The second-order valence-electron chi connectivity index (χ2n) is 7.11. The maximum atomic E-state index is 12.5. The van der Waals surface area contributed by atoms with Crippen LogP contribution in [0.4, 0.5) is 10.8 Å². The van der Waals surface area contributed by atoms with Crippen LogP contribution in [0.2, 0.25) is 0 Å². The number of carbonyl (C=O) groups excluding carboxylic acids is 1. The minimum Gasteiger partial charge on any atom is -0.362 e. The van der Waals surface area contributed by atoms with E-state index in [9.17, 15) is 4.79 Å². The zero-order valence-electron chi connectivity index (χ0n) is 17.2. The minimum atomic E-state index is -0.0848. The summed E-state index contributed by atoms with van der Waals surface area (Å²) in [5, 5.41) is 9.16. The van der Waals surface area contributed by atoms with Crippen molar-refractivity contribution in [3.8, 4) is 11.3 Å². The van der Waals surface area contributed by atoms with Gasteiger partial charge in [-0.05, 0) is 49.6 Å². The summed E-state index contributed by atoms with van der Waals surface area (Å²) in [6, 6.07) is 15.8. The molecule has 0 atom stereocenters. The average molecular weight is 408 g/mol. The lowest BCUT2D eigenvalue weighted by atomic mass is 10.0. The summed E-state index contributed by atoms with van der Waals surface area (Å²) < 4.78 is 0. The first-order chi connectivity index (χ1) is 14.2. The molecule has 0 saturated heterocycles. The number of benzene rings is 2. The van der Waals surface area contributed by atoms with Gasteiger partial charge in [0.25, 0.3) is 5.91 Å². The van der Waals surface area contributed by atoms with Gasteiger partial charge >= 0.3 is 0 Å². The first-order valence-corrected chi connectivity index (χ1v) is 11.3. The maximum Gasteiger partial charge on any atom is 0.255 e. The highest BCUT2D eigenvalue weighted by molar-refractivity contribution is 7.14. The molecule has 1 aromatic heterocycles. The fraction of sp³-hybridized carbons (Fsp3) is 0.333. The largest absolute Gasteiger partial charge is 0.362 e. The van der Waals surface area contributed by atoms with E-state index in [1.54, 1.807) is 11.3 Å². The quantitative estimate of drug-likeness (QED) is 0.371. The van der Waals surface area contributed by atoms with E-state index < -0.39 is 0 Å². The Labute approximate surface area is 177 Å². The second kappa shape index (κ2) is 10.8. The third-order valence-corrected chi connectivity index (χ3v) is 5.61. The zero-order valence-corrected chi connectivity index (χ0v) is 18.0. The molecule has 0 aliphatic heterocycles. The molecule has 0 fully saturated rings. The molecule has 152 valence electrons. The molecule has 2 aromatic carbocycles. The van der Waals surface area contributed by atoms with E-state index in [1.165, 1.54) is 31.2 Å².